The quantitative estimate of drug-likeness (QED) is 0.814. The number of hydrogen-bond donors (Lipinski definition) is 1. The number of likely N-dealkylation sites (tertiary alicyclic amines) is 1. The second-order valence-electron chi connectivity index (χ2n) is 4.03. The molecule has 86 valence electrons. The lowest BCUT2D eigenvalue weighted by Gasteiger charge is -2.29. The Bertz CT molecular complexity index is 386. The summed E-state index contributed by atoms with van der Waals surface area (Å²) in [7, 11) is 0. The van der Waals surface area contributed by atoms with Crippen molar-refractivity contribution in [3.05, 3.63) is 34.9 Å². The number of carbonyl (C=O) groups excluding carboxylic acids is 1. The van der Waals surface area contributed by atoms with Gasteiger partial charge in [0.25, 0.3) is 5.91 Å². The van der Waals surface area contributed by atoms with Crippen molar-refractivity contribution in [1.29, 1.82) is 0 Å². The molecule has 0 spiro atoms. The summed E-state index contributed by atoms with van der Waals surface area (Å²) in [5, 5.41) is 9.94. The van der Waals surface area contributed by atoms with Crippen LogP contribution in [0.5, 0.6) is 0 Å². The summed E-state index contributed by atoms with van der Waals surface area (Å²) in [6.07, 6.45) is 1.06. The molecule has 2 rings (SSSR count). The topological polar surface area (TPSA) is 40.5 Å². The molecule has 16 heavy (non-hydrogen) atoms. The molecule has 1 saturated heterocycles. The molecule has 1 heterocycles. The van der Waals surface area contributed by atoms with Gasteiger partial charge in [-0.15, -0.1) is 0 Å². The molecule has 0 saturated carbocycles. The number of rotatable bonds is 1. The summed E-state index contributed by atoms with van der Waals surface area (Å²) in [6.45, 7) is 1.24. The zero-order valence-corrected chi connectivity index (χ0v) is 9.65. The van der Waals surface area contributed by atoms with Crippen LogP contribution in [0.25, 0.3) is 0 Å². The molecule has 1 aliphatic rings. The average molecular weight is 240 g/mol. The van der Waals surface area contributed by atoms with E-state index in [-0.39, 0.29) is 12.0 Å². The van der Waals surface area contributed by atoms with E-state index in [1.54, 1.807) is 29.2 Å². The van der Waals surface area contributed by atoms with E-state index >= 15 is 0 Å². The van der Waals surface area contributed by atoms with Crippen molar-refractivity contribution in [2.24, 2.45) is 0 Å². The zero-order valence-electron chi connectivity index (χ0n) is 8.90. The zero-order chi connectivity index (χ0) is 11.5. The molecule has 0 aliphatic carbocycles. The number of hydrogen-bond acceptors (Lipinski definition) is 2. The van der Waals surface area contributed by atoms with Gasteiger partial charge in [0.1, 0.15) is 0 Å². The molecule has 0 aromatic heterocycles. The van der Waals surface area contributed by atoms with Crippen molar-refractivity contribution in [2.75, 3.05) is 13.1 Å². The van der Waals surface area contributed by atoms with Crippen molar-refractivity contribution in [2.45, 2.75) is 18.9 Å². The highest BCUT2D eigenvalue weighted by Gasteiger charge is 2.22. The van der Waals surface area contributed by atoms with Crippen LogP contribution in [0.3, 0.4) is 0 Å². The van der Waals surface area contributed by atoms with Gasteiger partial charge in [-0.2, -0.15) is 0 Å². The van der Waals surface area contributed by atoms with Crippen LogP contribution in [0.15, 0.2) is 24.3 Å². The molecule has 1 aliphatic heterocycles. The molecule has 0 unspecified atom stereocenters. The van der Waals surface area contributed by atoms with Crippen molar-refractivity contribution in [1.82, 2.24) is 4.90 Å². The maximum absolute atomic E-state index is 12.0. The SMILES string of the molecule is O=C(c1cccc(Cl)c1)N1CCC(O)CC1. The normalized spacial score (nSPS) is 17.5. The molecule has 0 radical (unpaired) electrons. The van der Waals surface area contributed by atoms with E-state index in [2.05, 4.69) is 0 Å². The van der Waals surface area contributed by atoms with Gasteiger partial charge in [-0.1, -0.05) is 17.7 Å². The Morgan fingerprint density at radius 3 is 2.69 bits per heavy atom. The standard InChI is InChI=1S/C12H14ClNO2/c13-10-3-1-2-9(8-10)12(16)14-6-4-11(15)5-7-14/h1-3,8,11,15H,4-7H2. The Balaban J connectivity index is 2.08. The molecule has 4 heteroatoms. The van der Waals surface area contributed by atoms with Gasteiger partial charge in [-0.25, -0.2) is 0 Å². The van der Waals surface area contributed by atoms with Gasteiger partial charge in [0.2, 0.25) is 0 Å². The Morgan fingerprint density at radius 2 is 2.06 bits per heavy atom. The highest BCUT2D eigenvalue weighted by molar-refractivity contribution is 6.30. The molecular weight excluding hydrogens is 226 g/mol. The summed E-state index contributed by atoms with van der Waals surface area (Å²) in [5.41, 5.74) is 0.615. The molecule has 0 atom stereocenters. The highest BCUT2D eigenvalue weighted by atomic mass is 35.5. The average Bonchev–Trinajstić information content (AvgIpc) is 2.29. The molecule has 1 fully saturated rings. The number of nitrogens with zero attached hydrogens (tertiary/aromatic N) is 1. The fourth-order valence-electron chi connectivity index (χ4n) is 1.87. The van der Waals surface area contributed by atoms with Gasteiger partial charge in [0, 0.05) is 23.7 Å². The van der Waals surface area contributed by atoms with Crippen LogP contribution in [0.1, 0.15) is 23.2 Å². The Kier molecular flexibility index (Phi) is 3.46. The predicted molar refractivity (Wildman–Crippen MR) is 62.6 cm³/mol. The summed E-state index contributed by atoms with van der Waals surface area (Å²) >= 11 is 5.84. The van der Waals surface area contributed by atoms with Crippen LogP contribution in [0.4, 0.5) is 0 Å². The van der Waals surface area contributed by atoms with E-state index in [4.69, 9.17) is 11.6 Å². The first-order chi connectivity index (χ1) is 7.66. The summed E-state index contributed by atoms with van der Waals surface area (Å²) in [5.74, 6) is -0.00519. The minimum atomic E-state index is -0.261. The fraction of sp³-hybridized carbons (Fsp3) is 0.417. The fourth-order valence-corrected chi connectivity index (χ4v) is 2.06. The van der Waals surface area contributed by atoms with Crippen molar-refractivity contribution in [3.8, 4) is 0 Å². The summed E-state index contributed by atoms with van der Waals surface area (Å²) < 4.78 is 0. The first-order valence-corrected chi connectivity index (χ1v) is 5.77. The number of piperidine rings is 1. The lowest BCUT2D eigenvalue weighted by molar-refractivity contribution is 0.0546. The van der Waals surface area contributed by atoms with Gasteiger partial charge >= 0.3 is 0 Å². The number of halogens is 1. The van der Waals surface area contributed by atoms with E-state index in [1.807, 2.05) is 0 Å². The van der Waals surface area contributed by atoms with Crippen LogP contribution in [0, 0.1) is 0 Å². The monoisotopic (exact) mass is 239 g/mol. The first kappa shape index (κ1) is 11.4. The predicted octanol–water partition coefficient (Wildman–Crippen LogP) is 1.94. The number of carbonyl (C=O) groups is 1. The smallest absolute Gasteiger partial charge is 0.253 e. The second-order valence-corrected chi connectivity index (χ2v) is 4.47. The summed E-state index contributed by atoms with van der Waals surface area (Å²) in [4.78, 5) is 13.8. The third-order valence-electron chi connectivity index (χ3n) is 2.82. The van der Waals surface area contributed by atoms with E-state index < -0.39 is 0 Å². The van der Waals surface area contributed by atoms with E-state index in [0.717, 1.165) is 0 Å². The molecule has 1 aromatic rings. The van der Waals surface area contributed by atoms with Crippen molar-refractivity contribution >= 4 is 17.5 Å². The maximum atomic E-state index is 12.0. The van der Waals surface area contributed by atoms with Gasteiger partial charge in [0.05, 0.1) is 6.10 Å². The Labute approximate surface area is 99.6 Å². The minimum Gasteiger partial charge on any atom is -0.393 e. The lowest BCUT2D eigenvalue weighted by Crippen LogP contribution is -2.40. The van der Waals surface area contributed by atoms with Crippen molar-refractivity contribution in [3.63, 3.8) is 0 Å². The van der Waals surface area contributed by atoms with Crippen molar-refractivity contribution < 1.29 is 9.90 Å². The van der Waals surface area contributed by atoms with E-state index in [9.17, 15) is 9.90 Å². The van der Waals surface area contributed by atoms with Crippen LogP contribution in [-0.4, -0.2) is 35.1 Å². The Morgan fingerprint density at radius 1 is 1.38 bits per heavy atom. The lowest BCUT2D eigenvalue weighted by atomic mass is 10.1. The molecule has 3 nitrogen and oxygen atoms in total. The minimum absolute atomic E-state index is 0.00519. The first-order valence-electron chi connectivity index (χ1n) is 5.40. The second kappa shape index (κ2) is 4.85. The molecular formula is C12H14ClNO2. The molecule has 1 aromatic carbocycles. The highest BCUT2D eigenvalue weighted by Crippen LogP contribution is 2.16. The van der Waals surface area contributed by atoms with Crippen LogP contribution in [0.2, 0.25) is 5.02 Å². The third-order valence-corrected chi connectivity index (χ3v) is 3.06. The third kappa shape index (κ3) is 2.54. The number of benzene rings is 1. The van der Waals surface area contributed by atoms with Crippen LogP contribution >= 0.6 is 11.6 Å². The van der Waals surface area contributed by atoms with E-state index in [1.165, 1.54) is 0 Å². The Hall–Kier alpha value is -1.06. The number of amides is 1. The van der Waals surface area contributed by atoms with Gasteiger partial charge in [0.15, 0.2) is 0 Å². The number of aliphatic hydroxyl groups is 1. The van der Waals surface area contributed by atoms with Gasteiger partial charge in [-0.3, -0.25) is 4.79 Å². The molecule has 1 amide bonds. The largest absolute Gasteiger partial charge is 0.393 e. The van der Waals surface area contributed by atoms with Gasteiger partial charge < -0.3 is 10.0 Å². The van der Waals surface area contributed by atoms with Gasteiger partial charge in [-0.05, 0) is 31.0 Å². The molecule has 0 bridgehead atoms. The van der Waals surface area contributed by atoms with Crippen LogP contribution in [-0.2, 0) is 0 Å². The molecule has 1 N–H and O–H groups in total. The summed E-state index contributed by atoms with van der Waals surface area (Å²) in [6, 6.07) is 6.96. The maximum Gasteiger partial charge on any atom is 0.253 e. The number of aliphatic hydroxyl groups excluding tert-OH is 1. The van der Waals surface area contributed by atoms with E-state index in [0.29, 0.717) is 36.5 Å². The van der Waals surface area contributed by atoms with Crippen LogP contribution < -0.4 is 0 Å².